The lowest BCUT2D eigenvalue weighted by Gasteiger charge is -2.30. The predicted octanol–water partition coefficient (Wildman–Crippen LogP) is 2.43. The molecule has 0 aromatic carbocycles. The maximum atomic E-state index is 12.9. The molecule has 1 aliphatic heterocycles. The fraction of sp³-hybridized carbons (Fsp3) is 0.500. The first-order valence-corrected chi connectivity index (χ1v) is 8.90. The summed E-state index contributed by atoms with van der Waals surface area (Å²) in [5.41, 5.74) is 0.476. The third-order valence-corrected chi connectivity index (χ3v) is 5.65. The number of pyridine rings is 1. The molecule has 1 aliphatic rings. The summed E-state index contributed by atoms with van der Waals surface area (Å²) in [6, 6.07) is 2.64. The smallest absolute Gasteiger partial charge is 0.327 e. The first-order valence-electron chi connectivity index (χ1n) is 6.63. The number of carboxylic acids is 1. The number of carbonyl (C=O) groups excluding carboxylic acids is 1. The molecule has 0 aliphatic carbocycles. The van der Waals surface area contributed by atoms with Crippen LogP contribution in [0.25, 0.3) is 0 Å². The molecule has 0 radical (unpaired) electrons. The van der Waals surface area contributed by atoms with Gasteiger partial charge in [-0.2, -0.15) is 0 Å². The van der Waals surface area contributed by atoms with Crippen LogP contribution in [0.15, 0.2) is 23.4 Å². The minimum absolute atomic E-state index is 0.117. The van der Waals surface area contributed by atoms with Crippen LogP contribution in [0.5, 0.6) is 0 Å². The molecule has 5 nitrogen and oxygen atoms in total. The fourth-order valence-corrected chi connectivity index (χ4v) is 4.36. The second kappa shape index (κ2) is 6.70. The van der Waals surface area contributed by atoms with Gasteiger partial charge in [0.1, 0.15) is 11.1 Å². The molecular formula is C14H18N2O3S2. The number of nitrogens with zero attached hydrogens (tertiary/aromatic N) is 2. The second-order valence-corrected chi connectivity index (χ2v) is 7.04. The molecule has 0 spiro atoms. The van der Waals surface area contributed by atoms with Gasteiger partial charge < -0.3 is 10.0 Å². The van der Waals surface area contributed by atoms with E-state index in [9.17, 15) is 14.7 Å². The quantitative estimate of drug-likeness (QED) is 0.857. The van der Waals surface area contributed by atoms with Crippen LogP contribution in [0.1, 0.15) is 24.2 Å². The van der Waals surface area contributed by atoms with Crippen LogP contribution in [0.4, 0.5) is 0 Å². The van der Waals surface area contributed by atoms with E-state index < -0.39 is 12.0 Å². The molecule has 7 heteroatoms. The highest BCUT2D eigenvalue weighted by Crippen LogP contribution is 2.36. The molecule has 1 aromatic heterocycles. The summed E-state index contributed by atoms with van der Waals surface area (Å²) in [4.78, 5) is 30.0. The van der Waals surface area contributed by atoms with Crippen LogP contribution in [0.2, 0.25) is 0 Å². The Hall–Kier alpha value is -1.21. The number of thioether (sulfide) groups is 2. The van der Waals surface area contributed by atoms with Crippen molar-refractivity contribution in [1.82, 2.24) is 9.88 Å². The van der Waals surface area contributed by atoms with Gasteiger partial charge in [-0.3, -0.25) is 4.79 Å². The number of carbonyl (C=O) groups is 2. The van der Waals surface area contributed by atoms with Gasteiger partial charge in [-0.25, -0.2) is 9.78 Å². The topological polar surface area (TPSA) is 70.5 Å². The second-order valence-electron chi connectivity index (χ2n) is 5.09. The minimum Gasteiger partial charge on any atom is -0.480 e. The molecule has 0 saturated carbocycles. The lowest BCUT2D eigenvalue weighted by atomic mass is 10.1. The standard InChI is InChI=1S/C14H18N2O3S2/c1-8(2)13-16(10(7-21-13)14(18)19)12(17)9-5-4-6-15-11(9)20-3/h4-6,8,10,13H,7H2,1-3H3,(H,18,19). The van der Waals surface area contributed by atoms with Gasteiger partial charge in [0.25, 0.3) is 5.91 Å². The van der Waals surface area contributed by atoms with Crippen LogP contribution in [0.3, 0.4) is 0 Å². The van der Waals surface area contributed by atoms with E-state index in [1.165, 1.54) is 28.4 Å². The Labute approximate surface area is 132 Å². The molecule has 0 bridgehead atoms. The normalized spacial score (nSPS) is 21.8. The zero-order chi connectivity index (χ0) is 15.6. The van der Waals surface area contributed by atoms with Crippen molar-refractivity contribution in [3.8, 4) is 0 Å². The van der Waals surface area contributed by atoms with Gasteiger partial charge in [0.2, 0.25) is 0 Å². The molecule has 2 rings (SSSR count). The largest absolute Gasteiger partial charge is 0.480 e. The van der Waals surface area contributed by atoms with E-state index in [-0.39, 0.29) is 17.2 Å². The monoisotopic (exact) mass is 326 g/mol. The zero-order valence-electron chi connectivity index (χ0n) is 12.1. The van der Waals surface area contributed by atoms with Gasteiger partial charge in [0.15, 0.2) is 0 Å². The molecule has 1 amide bonds. The Morgan fingerprint density at radius 1 is 1.52 bits per heavy atom. The van der Waals surface area contributed by atoms with Crippen molar-refractivity contribution in [2.24, 2.45) is 5.92 Å². The summed E-state index contributed by atoms with van der Waals surface area (Å²) in [5.74, 6) is -0.575. The first kappa shape index (κ1) is 16.2. The van der Waals surface area contributed by atoms with E-state index >= 15 is 0 Å². The van der Waals surface area contributed by atoms with Crippen LogP contribution < -0.4 is 0 Å². The maximum Gasteiger partial charge on any atom is 0.327 e. The Bertz CT molecular complexity index is 551. The van der Waals surface area contributed by atoms with E-state index in [1.807, 2.05) is 20.1 Å². The predicted molar refractivity (Wildman–Crippen MR) is 84.7 cm³/mol. The van der Waals surface area contributed by atoms with E-state index in [0.717, 1.165) is 0 Å². The van der Waals surface area contributed by atoms with Gasteiger partial charge in [-0.15, -0.1) is 23.5 Å². The highest BCUT2D eigenvalue weighted by Gasteiger charge is 2.43. The van der Waals surface area contributed by atoms with Gasteiger partial charge in [0, 0.05) is 11.9 Å². The van der Waals surface area contributed by atoms with Crippen molar-refractivity contribution in [3.05, 3.63) is 23.9 Å². The van der Waals surface area contributed by atoms with Crippen molar-refractivity contribution in [2.75, 3.05) is 12.0 Å². The number of amides is 1. The number of hydrogen-bond donors (Lipinski definition) is 1. The Kier molecular flexibility index (Phi) is 5.16. The summed E-state index contributed by atoms with van der Waals surface area (Å²) in [6.07, 6.45) is 3.49. The lowest BCUT2D eigenvalue weighted by Crippen LogP contribution is -2.47. The van der Waals surface area contributed by atoms with Crippen LogP contribution in [-0.4, -0.2) is 50.3 Å². The number of carboxylic acid groups (broad SMARTS) is 1. The van der Waals surface area contributed by atoms with Gasteiger partial charge in [-0.1, -0.05) is 13.8 Å². The minimum atomic E-state index is -0.950. The third kappa shape index (κ3) is 3.18. The summed E-state index contributed by atoms with van der Waals surface area (Å²) < 4.78 is 0. The Morgan fingerprint density at radius 3 is 2.81 bits per heavy atom. The van der Waals surface area contributed by atoms with Crippen molar-refractivity contribution in [1.29, 1.82) is 0 Å². The number of hydrogen-bond acceptors (Lipinski definition) is 5. The Balaban J connectivity index is 2.39. The van der Waals surface area contributed by atoms with E-state index in [1.54, 1.807) is 18.3 Å². The van der Waals surface area contributed by atoms with Crippen LogP contribution in [-0.2, 0) is 4.79 Å². The lowest BCUT2D eigenvalue weighted by molar-refractivity contribution is -0.141. The van der Waals surface area contributed by atoms with Crippen molar-refractivity contribution < 1.29 is 14.7 Å². The summed E-state index contributed by atoms with van der Waals surface area (Å²) >= 11 is 2.92. The van der Waals surface area contributed by atoms with Crippen LogP contribution >= 0.6 is 23.5 Å². The van der Waals surface area contributed by atoms with E-state index in [0.29, 0.717) is 16.3 Å². The first-order chi connectivity index (χ1) is 9.97. The summed E-state index contributed by atoms with van der Waals surface area (Å²) in [5, 5.41) is 9.89. The molecule has 2 unspecified atom stereocenters. The molecule has 1 N–H and O–H groups in total. The molecule has 1 aromatic rings. The van der Waals surface area contributed by atoms with E-state index in [2.05, 4.69) is 4.98 Å². The summed E-state index contributed by atoms with van der Waals surface area (Å²) in [7, 11) is 0. The SMILES string of the molecule is CSc1ncccc1C(=O)N1C(C(=O)O)CSC1C(C)C. The van der Waals surface area contributed by atoms with Crippen molar-refractivity contribution >= 4 is 35.4 Å². The fourth-order valence-electron chi connectivity index (χ4n) is 2.34. The maximum absolute atomic E-state index is 12.9. The highest BCUT2D eigenvalue weighted by molar-refractivity contribution is 8.00. The highest BCUT2D eigenvalue weighted by atomic mass is 32.2. The van der Waals surface area contributed by atoms with Crippen LogP contribution in [0, 0.1) is 5.92 Å². The zero-order valence-corrected chi connectivity index (χ0v) is 13.8. The molecular weight excluding hydrogens is 308 g/mol. The Morgan fingerprint density at radius 2 is 2.24 bits per heavy atom. The number of aromatic nitrogens is 1. The van der Waals surface area contributed by atoms with Gasteiger partial charge in [0.05, 0.1) is 10.9 Å². The van der Waals surface area contributed by atoms with Crippen molar-refractivity contribution in [2.45, 2.75) is 30.3 Å². The number of aliphatic carboxylic acids is 1. The van der Waals surface area contributed by atoms with E-state index in [4.69, 9.17) is 0 Å². The third-order valence-electron chi connectivity index (χ3n) is 3.32. The average Bonchev–Trinajstić information content (AvgIpc) is 2.91. The molecule has 2 atom stereocenters. The molecule has 1 saturated heterocycles. The molecule has 21 heavy (non-hydrogen) atoms. The van der Waals surface area contributed by atoms with Gasteiger partial charge >= 0.3 is 5.97 Å². The number of rotatable bonds is 4. The molecule has 114 valence electrons. The summed E-state index contributed by atoms with van der Waals surface area (Å²) in [6.45, 7) is 4.00. The average molecular weight is 326 g/mol. The van der Waals surface area contributed by atoms with Crippen molar-refractivity contribution in [3.63, 3.8) is 0 Å². The van der Waals surface area contributed by atoms with Gasteiger partial charge in [-0.05, 0) is 24.3 Å². The molecule has 2 heterocycles. The molecule has 1 fully saturated rings.